The molecule has 0 spiro atoms. The number of rotatable bonds is 10. The Morgan fingerprint density at radius 1 is 0.955 bits per heavy atom. The molecular weight excluding hydrogens is 280 g/mol. The lowest BCUT2D eigenvalue weighted by atomic mass is 10.0. The first-order valence-corrected chi connectivity index (χ1v) is 7.66. The third kappa shape index (κ3) is 4.12. The molecule has 2 aliphatic heterocycles. The van der Waals surface area contributed by atoms with Crippen LogP contribution in [0.25, 0.3) is 0 Å². The Morgan fingerprint density at radius 2 is 1.45 bits per heavy atom. The monoisotopic (exact) mass is 302 g/mol. The van der Waals surface area contributed by atoms with Crippen LogP contribution in [0.15, 0.2) is 37.4 Å². The fourth-order valence-corrected chi connectivity index (χ4v) is 2.30. The van der Waals surface area contributed by atoms with E-state index in [0.717, 1.165) is 48.7 Å². The first kappa shape index (κ1) is 15.1. The summed E-state index contributed by atoms with van der Waals surface area (Å²) in [6.45, 7) is 10.4. The number of ether oxygens (including phenoxy) is 4. The molecule has 4 heteroatoms. The predicted molar refractivity (Wildman–Crippen MR) is 84.7 cm³/mol. The molecule has 0 N–H and O–H groups in total. The minimum absolute atomic E-state index is 0.233. The van der Waals surface area contributed by atoms with Crippen LogP contribution in [0.5, 0.6) is 11.5 Å². The van der Waals surface area contributed by atoms with Crippen molar-refractivity contribution in [2.75, 3.05) is 26.4 Å². The van der Waals surface area contributed by atoms with Crippen molar-refractivity contribution < 1.29 is 18.9 Å². The van der Waals surface area contributed by atoms with Crippen molar-refractivity contribution >= 4 is 0 Å². The van der Waals surface area contributed by atoms with Crippen molar-refractivity contribution in [2.24, 2.45) is 0 Å². The van der Waals surface area contributed by atoms with Crippen LogP contribution in [-0.2, 0) is 22.3 Å². The van der Waals surface area contributed by atoms with Gasteiger partial charge in [0.05, 0.1) is 13.2 Å². The van der Waals surface area contributed by atoms with Crippen LogP contribution < -0.4 is 9.47 Å². The molecular formula is C18H22O4. The lowest BCUT2D eigenvalue weighted by molar-refractivity contribution is 0.254. The van der Waals surface area contributed by atoms with E-state index in [1.165, 1.54) is 0 Å². The highest BCUT2D eigenvalue weighted by Crippen LogP contribution is 2.32. The van der Waals surface area contributed by atoms with E-state index in [2.05, 4.69) is 13.2 Å². The van der Waals surface area contributed by atoms with Crippen LogP contribution in [0.4, 0.5) is 0 Å². The SMILES string of the molecule is C=CCc1cc(OCC2CO2)cc(CC=C)c1OCC1CO1. The highest BCUT2D eigenvalue weighted by Gasteiger charge is 2.25. The Labute approximate surface area is 131 Å². The zero-order chi connectivity index (χ0) is 15.4. The number of hydrogen-bond donors (Lipinski definition) is 0. The van der Waals surface area contributed by atoms with Crippen molar-refractivity contribution in [2.45, 2.75) is 25.0 Å². The van der Waals surface area contributed by atoms with Gasteiger partial charge in [0.2, 0.25) is 0 Å². The molecule has 1 aromatic carbocycles. The van der Waals surface area contributed by atoms with E-state index in [4.69, 9.17) is 18.9 Å². The maximum atomic E-state index is 5.99. The van der Waals surface area contributed by atoms with Gasteiger partial charge in [0.25, 0.3) is 0 Å². The second-order valence-electron chi connectivity index (χ2n) is 5.59. The Bertz CT molecular complexity index is 513. The zero-order valence-electron chi connectivity index (χ0n) is 12.8. The Balaban J connectivity index is 1.81. The standard InChI is InChI=1S/C18H22O4/c1-3-5-13-7-15(19-9-16-10-20-16)8-14(6-4-2)18(13)22-12-17-11-21-17/h3-4,7-8,16-17H,1-2,5-6,9-12H2. The normalized spacial score (nSPS) is 22.0. The van der Waals surface area contributed by atoms with Gasteiger partial charge in [-0.15, -0.1) is 13.2 Å². The number of benzene rings is 1. The number of hydrogen-bond acceptors (Lipinski definition) is 4. The molecule has 22 heavy (non-hydrogen) atoms. The Morgan fingerprint density at radius 3 is 1.91 bits per heavy atom. The summed E-state index contributed by atoms with van der Waals surface area (Å²) in [7, 11) is 0. The summed E-state index contributed by atoms with van der Waals surface area (Å²) in [4.78, 5) is 0. The van der Waals surface area contributed by atoms with Crippen molar-refractivity contribution in [1.29, 1.82) is 0 Å². The van der Waals surface area contributed by atoms with E-state index in [9.17, 15) is 0 Å². The molecule has 1 aromatic rings. The van der Waals surface area contributed by atoms with Crippen molar-refractivity contribution in [1.82, 2.24) is 0 Å². The van der Waals surface area contributed by atoms with Crippen LogP contribution in [0.2, 0.25) is 0 Å². The Hall–Kier alpha value is -1.78. The van der Waals surface area contributed by atoms with Crippen molar-refractivity contribution in [3.8, 4) is 11.5 Å². The van der Waals surface area contributed by atoms with E-state index in [0.29, 0.717) is 13.2 Å². The third-order valence-corrected chi connectivity index (χ3v) is 3.60. The van der Waals surface area contributed by atoms with Gasteiger partial charge < -0.3 is 18.9 Å². The molecule has 0 amide bonds. The maximum Gasteiger partial charge on any atom is 0.126 e. The number of epoxide rings is 2. The average Bonchev–Trinajstić information content (AvgIpc) is 3.38. The van der Waals surface area contributed by atoms with E-state index in [1.807, 2.05) is 24.3 Å². The van der Waals surface area contributed by atoms with Crippen molar-refractivity contribution in [3.05, 3.63) is 48.6 Å². The molecule has 2 aliphatic rings. The van der Waals surface area contributed by atoms with Gasteiger partial charge in [-0.1, -0.05) is 12.2 Å². The molecule has 0 aromatic heterocycles. The second kappa shape index (κ2) is 6.99. The summed E-state index contributed by atoms with van der Waals surface area (Å²) in [5.74, 6) is 1.75. The third-order valence-electron chi connectivity index (χ3n) is 3.60. The molecule has 3 rings (SSSR count). The molecule has 0 bridgehead atoms. The summed E-state index contributed by atoms with van der Waals surface area (Å²) in [6, 6.07) is 4.06. The minimum Gasteiger partial charge on any atom is -0.491 e. The molecule has 2 fully saturated rings. The summed E-state index contributed by atoms with van der Waals surface area (Å²) in [6.07, 6.45) is 5.71. The highest BCUT2D eigenvalue weighted by atomic mass is 16.6. The Kier molecular flexibility index (Phi) is 4.80. The van der Waals surface area contributed by atoms with Gasteiger partial charge in [-0.25, -0.2) is 0 Å². The van der Waals surface area contributed by atoms with E-state index < -0.39 is 0 Å². The lowest BCUT2D eigenvalue weighted by Gasteiger charge is -2.17. The fourth-order valence-electron chi connectivity index (χ4n) is 2.30. The largest absolute Gasteiger partial charge is 0.491 e. The first-order chi connectivity index (χ1) is 10.8. The van der Waals surface area contributed by atoms with Crippen molar-refractivity contribution in [3.63, 3.8) is 0 Å². The molecule has 2 heterocycles. The van der Waals surface area contributed by atoms with Gasteiger partial charge in [0, 0.05) is 11.1 Å². The molecule has 2 unspecified atom stereocenters. The molecule has 0 saturated carbocycles. The van der Waals surface area contributed by atoms with E-state index in [1.54, 1.807) is 0 Å². The van der Waals surface area contributed by atoms with Gasteiger partial charge in [-0.05, 0) is 25.0 Å². The molecule has 0 radical (unpaired) electrons. The second-order valence-corrected chi connectivity index (χ2v) is 5.59. The summed E-state index contributed by atoms with van der Waals surface area (Å²) >= 11 is 0. The molecule has 0 aliphatic carbocycles. The van der Waals surface area contributed by atoms with Crippen LogP contribution >= 0.6 is 0 Å². The molecule has 118 valence electrons. The quantitative estimate of drug-likeness (QED) is 0.492. The van der Waals surface area contributed by atoms with Gasteiger partial charge in [0.1, 0.15) is 36.9 Å². The average molecular weight is 302 g/mol. The van der Waals surface area contributed by atoms with Gasteiger partial charge in [-0.2, -0.15) is 0 Å². The van der Waals surface area contributed by atoms with Gasteiger partial charge in [-0.3, -0.25) is 0 Å². The van der Waals surface area contributed by atoms with Crippen LogP contribution in [0.3, 0.4) is 0 Å². The lowest BCUT2D eigenvalue weighted by Crippen LogP contribution is -2.09. The molecule has 2 atom stereocenters. The smallest absolute Gasteiger partial charge is 0.126 e. The fraction of sp³-hybridized carbons (Fsp3) is 0.444. The van der Waals surface area contributed by atoms with Crippen LogP contribution in [-0.4, -0.2) is 38.6 Å². The summed E-state index contributed by atoms with van der Waals surface area (Å²) in [5.41, 5.74) is 2.17. The van der Waals surface area contributed by atoms with Gasteiger partial charge >= 0.3 is 0 Å². The first-order valence-electron chi connectivity index (χ1n) is 7.66. The topological polar surface area (TPSA) is 43.5 Å². The van der Waals surface area contributed by atoms with Crippen LogP contribution in [0, 0.1) is 0 Å². The molecule has 4 nitrogen and oxygen atoms in total. The zero-order valence-corrected chi connectivity index (χ0v) is 12.8. The van der Waals surface area contributed by atoms with E-state index in [-0.39, 0.29) is 12.2 Å². The predicted octanol–water partition coefficient (Wildman–Crippen LogP) is 2.70. The number of allylic oxidation sites excluding steroid dienone is 2. The van der Waals surface area contributed by atoms with E-state index >= 15 is 0 Å². The highest BCUT2D eigenvalue weighted by molar-refractivity contribution is 5.49. The van der Waals surface area contributed by atoms with Gasteiger partial charge in [0.15, 0.2) is 0 Å². The maximum absolute atomic E-state index is 5.99. The van der Waals surface area contributed by atoms with Crippen LogP contribution in [0.1, 0.15) is 11.1 Å². The summed E-state index contributed by atoms with van der Waals surface area (Å²) < 4.78 is 22.2. The summed E-state index contributed by atoms with van der Waals surface area (Å²) in [5, 5.41) is 0. The minimum atomic E-state index is 0.233. The molecule has 2 saturated heterocycles.